The van der Waals surface area contributed by atoms with Crippen LogP contribution < -0.4 is 15.6 Å². The van der Waals surface area contributed by atoms with E-state index in [1.807, 2.05) is 13.8 Å². The first-order valence-electron chi connectivity index (χ1n) is 6.26. The molecule has 2 aromatic rings. The summed E-state index contributed by atoms with van der Waals surface area (Å²) in [5.74, 6) is 0.0739. The zero-order valence-corrected chi connectivity index (χ0v) is 13.2. The highest BCUT2D eigenvalue weighted by molar-refractivity contribution is 7.94. The highest BCUT2D eigenvalue weighted by atomic mass is 32.2. The molecule has 0 spiro atoms. The number of sulfonamides is 1. The molecule has 0 saturated heterocycles. The normalized spacial score (nSPS) is 11.8. The van der Waals surface area contributed by atoms with Crippen molar-refractivity contribution in [3.05, 3.63) is 39.5 Å². The van der Waals surface area contributed by atoms with E-state index in [0.717, 1.165) is 16.9 Å². The van der Waals surface area contributed by atoms with E-state index in [-0.39, 0.29) is 10.0 Å². The summed E-state index contributed by atoms with van der Waals surface area (Å²) in [6.07, 6.45) is 0. The van der Waals surface area contributed by atoms with Crippen LogP contribution in [0.5, 0.6) is 0 Å². The van der Waals surface area contributed by atoms with Gasteiger partial charge in [-0.1, -0.05) is 13.8 Å². The van der Waals surface area contributed by atoms with Crippen LogP contribution in [0, 0.1) is 0 Å². The lowest BCUT2D eigenvalue weighted by Crippen LogP contribution is -2.21. The first-order chi connectivity index (χ1) is 9.87. The van der Waals surface area contributed by atoms with Gasteiger partial charge in [-0.15, -0.1) is 11.3 Å². The largest absolute Gasteiger partial charge is 0.310 e. The second kappa shape index (κ2) is 6.37. The van der Waals surface area contributed by atoms with Gasteiger partial charge in [-0.05, 0) is 23.1 Å². The fraction of sp³-hybridized carbons (Fsp3) is 0.333. The minimum Gasteiger partial charge on any atom is -0.310 e. The third-order valence-electron chi connectivity index (χ3n) is 2.53. The Morgan fingerprint density at radius 1 is 1.38 bits per heavy atom. The molecular weight excluding hydrogens is 312 g/mol. The maximum absolute atomic E-state index is 12.2. The number of anilines is 1. The summed E-state index contributed by atoms with van der Waals surface area (Å²) < 4.78 is 26.9. The molecule has 3 N–H and O–H groups in total. The SMILES string of the molecule is CC(C)NCc1csc(S(=O)(=O)Nc2ccc(=O)[nH]n2)c1. The van der Waals surface area contributed by atoms with Crippen molar-refractivity contribution in [1.29, 1.82) is 0 Å². The minimum absolute atomic E-state index is 0.0739. The van der Waals surface area contributed by atoms with E-state index in [9.17, 15) is 13.2 Å². The molecule has 0 aromatic carbocycles. The van der Waals surface area contributed by atoms with Crippen molar-refractivity contribution in [2.45, 2.75) is 30.6 Å². The zero-order chi connectivity index (χ0) is 15.5. The maximum Gasteiger partial charge on any atom is 0.272 e. The summed E-state index contributed by atoms with van der Waals surface area (Å²) in [7, 11) is -3.69. The molecule has 0 atom stereocenters. The maximum atomic E-state index is 12.2. The lowest BCUT2D eigenvalue weighted by molar-refractivity contribution is 0.589. The monoisotopic (exact) mass is 328 g/mol. The Balaban J connectivity index is 2.12. The Morgan fingerprint density at radius 2 is 2.14 bits per heavy atom. The van der Waals surface area contributed by atoms with Crippen molar-refractivity contribution in [2.75, 3.05) is 4.72 Å². The molecule has 0 bridgehead atoms. The van der Waals surface area contributed by atoms with Gasteiger partial charge in [-0.25, -0.2) is 13.5 Å². The number of hydrogen-bond acceptors (Lipinski definition) is 6. The summed E-state index contributed by atoms with van der Waals surface area (Å²) in [6, 6.07) is 4.46. The van der Waals surface area contributed by atoms with Crippen LogP contribution in [0.25, 0.3) is 0 Å². The first kappa shape index (κ1) is 15.7. The number of nitrogens with one attached hydrogen (secondary N) is 3. The Labute approximate surface area is 126 Å². The van der Waals surface area contributed by atoms with Crippen molar-refractivity contribution in [2.24, 2.45) is 0 Å². The topological polar surface area (TPSA) is 104 Å². The second-order valence-electron chi connectivity index (χ2n) is 4.72. The molecular formula is C12H16N4O3S2. The Bertz CT molecular complexity index is 744. The average molecular weight is 328 g/mol. The summed E-state index contributed by atoms with van der Waals surface area (Å²) >= 11 is 1.14. The Kier molecular flexibility index (Phi) is 4.76. The number of rotatable bonds is 6. The molecule has 0 unspecified atom stereocenters. The van der Waals surface area contributed by atoms with Gasteiger partial charge in [0.15, 0.2) is 5.82 Å². The standard InChI is InChI=1S/C12H16N4O3S2/c1-8(2)13-6-9-5-12(20-7-9)21(18,19)16-10-3-4-11(17)15-14-10/h3-5,7-8,13H,6H2,1-2H3,(H,14,16)(H,15,17). The second-order valence-corrected chi connectivity index (χ2v) is 7.54. The van der Waals surface area contributed by atoms with Gasteiger partial charge in [-0.3, -0.25) is 9.52 Å². The fourth-order valence-corrected chi connectivity index (χ4v) is 3.71. The molecule has 0 saturated carbocycles. The minimum atomic E-state index is -3.69. The van der Waals surface area contributed by atoms with Crippen molar-refractivity contribution in [3.8, 4) is 0 Å². The number of aromatic nitrogens is 2. The lowest BCUT2D eigenvalue weighted by Gasteiger charge is -2.06. The van der Waals surface area contributed by atoms with Gasteiger partial charge in [0.05, 0.1) is 0 Å². The van der Waals surface area contributed by atoms with Crippen LogP contribution in [-0.2, 0) is 16.6 Å². The molecule has 0 aliphatic heterocycles. The van der Waals surface area contributed by atoms with E-state index in [1.165, 1.54) is 12.1 Å². The van der Waals surface area contributed by atoms with Gasteiger partial charge >= 0.3 is 0 Å². The molecule has 114 valence electrons. The van der Waals surface area contributed by atoms with Crippen molar-refractivity contribution < 1.29 is 8.42 Å². The number of hydrogen-bond donors (Lipinski definition) is 3. The molecule has 0 fully saturated rings. The summed E-state index contributed by atoms with van der Waals surface area (Å²) in [5, 5.41) is 10.8. The van der Waals surface area contributed by atoms with E-state index in [2.05, 4.69) is 20.2 Å². The highest BCUT2D eigenvalue weighted by Gasteiger charge is 2.17. The van der Waals surface area contributed by atoms with Gasteiger partial charge in [0.2, 0.25) is 0 Å². The smallest absolute Gasteiger partial charge is 0.272 e. The van der Waals surface area contributed by atoms with Crippen LogP contribution in [0.2, 0.25) is 0 Å². The number of aromatic amines is 1. The first-order valence-corrected chi connectivity index (χ1v) is 8.62. The van der Waals surface area contributed by atoms with Gasteiger partial charge in [0, 0.05) is 18.7 Å². The molecule has 0 amide bonds. The third-order valence-corrected chi connectivity index (χ3v) is 5.37. The van der Waals surface area contributed by atoms with Gasteiger partial charge < -0.3 is 5.32 Å². The summed E-state index contributed by atoms with van der Waals surface area (Å²) in [4.78, 5) is 10.9. The van der Waals surface area contributed by atoms with Crippen LogP contribution in [0.4, 0.5) is 5.82 Å². The molecule has 0 aliphatic rings. The average Bonchev–Trinajstić information content (AvgIpc) is 2.88. The molecule has 9 heteroatoms. The number of nitrogens with zero attached hydrogens (tertiary/aromatic N) is 1. The fourth-order valence-electron chi connectivity index (χ4n) is 1.50. The van der Waals surface area contributed by atoms with Gasteiger partial charge in [0.25, 0.3) is 15.6 Å². The number of thiophene rings is 1. The van der Waals surface area contributed by atoms with Crippen molar-refractivity contribution >= 4 is 27.2 Å². The lowest BCUT2D eigenvalue weighted by atomic mass is 10.3. The van der Waals surface area contributed by atoms with Crippen LogP contribution >= 0.6 is 11.3 Å². The van der Waals surface area contributed by atoms with E-state index in [4.69, 9.17) is 0 Å². The third kappa shape index (κ3) is 4.38. The zero-order valence-electron chi connectivity index (χ0n) is 11.6. The van der Waals surface area contributed by atoms with Crippen LogP contribution in [-0.4, -0.2) is 24.7 Å². The summed E-state index contributed by atoms with van der Waals surface area (Å²) in [5.41, 5.74) is 0.514. The van der Waals surface area contributed by atoms with E-state index in [0.29, 0.717) is 12.6 Å². The van der Waals surface area contributed by atoms with Crippen molar-refractivity contribution in [3.63, 3.8) is 0 Å². The highest BCUT2D eigenvalue weighted by Crippen LogP contribution is 2.22. The Hall–Kier alpha value is -1.71. The van der Waals surface area contributed by atoms with Crippen LogP contribution in [0.1, 0.15) is 19.4 Å². The summed E-state index contributed by atoms with van der Waals surface area (Å²) in [6.45, 7) is 4.65. The van der Waals surface area contributed by atoms with E-state index in [1.54, 1.807) is 11.4 Å². The van der Waals surface area contributed by atoms with E-state index < -0.39 is 15.6 Å². The van der Waals surface area contributed by atoms with Gasteiger partial charge in [0.1, 0.15) is 4.21 Å². The number of H-pyrrole nitrogens is 1. The van der Waals surface area contributed by atoms with Gasteiger partial charge in [-0.2, -0.15) is 5.10 Å². The van der Waals surface area contributed by atoms with Crippen LogP contribution in [0.15, 0.2) is 32.6 Å². The quantitative estimate of drug-likeness (QED) is 0.737. The predicted molar refractivity (Wildman–Crippen MR) is 82.0 cm³/mol. The van der Waals surface area contributed by atoms with E-state index >= 15 is 0 Å². The van der Waals surface area contributed by atoms with Crippen molar-refractivity contribution in [1.82, 2.24) is 15.5 Å². The molecule has 21 heavy (non-hydrogen) atoms. The predicted octanol–water partition coefficient (Wildman–Crippen LogP) is 1.13. The molecule has 0 radical (unpaired) electrons. The molecule has 2 aromatic heterocycles. The molecule has 7 nitrogen and oxygen atoms in total. The Morgan fingerprint density at radius 3 is 2.76 bits per heavy atom. The van der Waals surface area contributed by atoms with Crippen LogP contribution in [0.3, 0.4) is 0 Å². The molecule has 2 rings (SSSR count). The molecule has 0 aliphatic carbocycles. The molecule has 2 heterocycles.